The molecule has 1 fully saturated rings. The van der Waals surface area contributed by atoms with Crippen LogP contribution in [0.1, 0.15) is 32.8 Å². The molecule has 3 rings (SSSR count). The zero-order valence-corrected chi connectivity index (χ0v) is 18.8. The molecule has 1 aromatic rings. The first kappa shape index (κ1) is 21.0. The second-order valence-corrected chi connectivity index (χ2v) is 9.05. The van der Waals surface area contributed by atoms with Gasteiger partial charge in [-0.15, -0.1) is 0 Å². The smallest absolute Gasteiger partial charge is 0.417 e. The summed E-state index contributed by atoms with van der Waals surface area (Å²) >= 11 is 6.73. The Hall–Kier alpha value is -1.71. The Kier molecular flexibility index (Phi) is 5.71. The van der Waals surface area contributed by atoms with Gasteiger partial charge >= 0.3 is 6.09 Å². The number of benzene rings is 1. The van der Waals surface area contributed by atoms with Gasteiger partial charge in [0.1, 0.15) is 6.61 Å². The van der Waals surface area contributed by atoms with Gasteiger partial charge in [-0.1, -0.05) is 51.8 Å². The third kappa shape index (κ3) is 3.51. The summed E-state index contributed by atoms with van der Waals surface area (Å²) in [7, 11) is 0. The normalized spacial score (nSPS) is 24.5. The van der Waals surface area contributed by atoms with E-state index in [9.17, 15) is 19.5 Å². The zero-order chi connectivity index (χ0) is 20.8. The van der Waals surface area contributed by atoms with Crippen molar-refractivity contribution in [3.63, 3.8) is 0 Å². The van der Waals surface area contributed by atoms with Crippen LogP contribution >= 0.6 is 31.9 Å². The number of carbonyl (C=O) groups excluding carboxylic acids is 3. The fourth-order valence-corrected chi connectivity index (χ4v) is 4.92. The van der Waals surface area contributed by atoms with E-state index in [1.807, 2.05) is 13.8 Å². The Balaban J connectivity index is 1.87. The first-order valence-corrected chi connectivity index (χ1v) is 10.3. The number of hydrogen-bond acceptors (Lipinski definition) is 5. The number of cyclic esters (lactones) is 1. The molecule has 7 nitrogen and oxygen atoms in total. The number of carbonyl (C=O) groups is 3. The van der Waals surface area contributed by atoms with Crippen LogP contribution in [-0.2, 0) is 19.9 Å². The lowest BCUT2D eigenvalue weighted by Gasteiger charge is -2.24. The quantitative estimate of drug-likeness (QED) is 0.596. The highest BCUT2D eigenvalue weighted by molar-refractivity contribution is 9.11. The van der Waals surface area contributed by atoms with E-state index in [-0.39, 0.29) is 30.6 Å². The van der Waals surface area contributed by atoms with Crippen molar-refractivity contribution in [1.29, 1.82) is 0 Å². The molecule has 28 heavy (non-hydrogen) atoms. The molecule has 2 N–H and O–H groups in total. The Labute approximate surface area is 179 Å². The number of rotatable bonds is 4. The molecule has 150 valence electrons. The molecule has 0 spiro atoms. The van der Waals surface area contributed by atoms with Crippen LogP contribution in [0.25, 0.3) is 0 Å². The van der Waals surface area contributed by atoms with Gasteiger partial charge in [0.25, 0.3) is 11.8 Å². The third-order valence-corrected chi connectivity index (χ3v) is 6.11. The highest BCUT2D eigenvalue weighted by Crippen LogP contribution is 2.44. The SMILES string of the molecule is C/C(=C/C[C@@]1(O)C(=O)Nc2cc(Br)cc(Br)c21)C(=O)N1C(=O)OC[C@@H]1C(C)C. The summed E-state index contributed by atoms with van der Waals surface area (Å²) in [5, 5.41) is 13.7. The van der Waals surface area contributed by atoms with Gasteiger partial charge in [-0.25, -0.2) is 9.69 Å². The predicted octanol–water partition coefficient (Wildman–Crippen LogP) is 3.69. The number of halogens is 2. The number of imide groups is 1. The predicted molar refractivity (Wildman–Crippen MR) is 110 cm³/mol. The van der Waals surface area contributed by atoms with Gasteiger partial charge in [0, 0.05) is 32.2 Å². The number of nitrogens with zero attached hydrogens (tertiary/aromatic N) is 1. The lowest BCUT2D eigenvalue weighted by atomic mass is 9.91. The highest BCUT2D eigenvalue weighted by Gasteiger charge is 2.46. The van der Waals surface area contributed by atoms with Crippen molar-refractivity contribution < 1.29 is 24.2 Å². The summed E-state index contributed by atoms with van der Waals surface area (Å²) in [6, 6.07) is 3.10. The lowest BCUT2D eigenvalue weighted by Crippen LogP contribution is -2.42. The molecule has 3 amide bonds. The van der Waals surface area contributed by atoms with Gasteiger partial charge in [0.2, 0.25) is 0 Å². The average Bonchev–Trinajstić information content (AvgIpc) is 3.10. The van der Waals surface area contributed by atoms with Crippen LogP contribution in [0.15, 0.2) is 32.7 Å². The molecule has 0 bridgehead atoms. The van der Waals surface area contributed by atoms with Crippen LogP contribution in [0.2, 0.25) is 0 Å². The second-order valence-electron chi connectivity index (χ2n) is 7.28. The molecule has 2 heterocycles. The standard InChI is InChI=1S/C19H20Br2N2O5/c1-9(2)14-8-28-18(26)23(14)16(24)10(3)4-5-19(27)15-12(21)6-11(20)7-13(15)22-17(19)25/h4,6-7,9,14,27H,5,8H2,1-3H3,(H,22,25)/b10-4-/t14-,19+/m1/s1. The van der Waals surface area contributed by atoms with E-state index in [2.05, 4.69) is 37.2 Å². The number of nitrogens with one attached hydrogen (secondary N) is 1. The van der Waals surface area contributed by atoms with Crippen molar-refractivity contribution in [2.24, 2.45) is 5.92 Å². The third-order valence-electron chi connectivity index (χ3n) is 5.03. The molecule has 1 saturated heterocycles. The topological polar surface area (TPSA) is 95.9 Å². The summed E-state index contributed by atoms with van der Waals surface area (Å²) in [6.45, 7) is 5.53. The van der Waals surface area contributed by atoms with E-state index in [4.69, 9.17) is 4.74 Å². The molecule has 2 atom stereocenters. The van der Waals surface area contributed by atoms with Crippen LogP contribution in [0.3, 0.4) is 0 Å². The fourth-order valence-electron chi connectivity index (χ4n) is 3.36. The molecular formula is C19H20Br2N2O5. The Morgan fingerprint density at radius 3 is 2.75 bits per heavy atom. The summed E-state index contributed by atoms with van der Waals surface area (Å²) in [6.07, 6.45) is 0.694. The minimum Gasteiger partial charge on any atom is -0.447 e. The minimum absolute atomic E-state index is 0.0503. The lowest BCUT2D eigenvalue weighted by molar-refractivity contribution is -0.133. The molecule has 0 unspecified atom stereocenters. The first-order chi connectivity index (χ1) is 13.1. The van der Waals surface area contributed by atoms with Gasteiger partial charge < -0.3 is 15.2 Å². The van der Waals surface area contributed by atoms with Crippen molar-refractivity contribution in [3.8, 4) is 0 Å². The van der Waals surface area contributed by atoms with Crippen LogP contribution < -0.4 is 5.32 Å². The molecular weight excluding hydrogens is 496 g/mol. The molecule has 0 aromatic heterocycles. The number of ether oxygens (including phenoxy) is 1. The van der Waals surface area contributed by atoms with Crippen molar-refractivity contribution >= 4 is 55.5 Å². The van der Waals surface area contributed by atoms with Crippen LogP contribution in [-0.4, -0.2) is 40.6 Å². The van der Waals surface area contributed by atoms with E-state index < -0.39 is 23.5 Å². The van der Waals surface area contributed by atoms with Gasteiger partial charge in [-0.05, 0) is 25.0 Å². The van der Waals surface area contributed by atoms with Crippen LogP contribution in [0.4, 0.5) is 10.5 Å². The van der Waals surface area contributed by atoms with Gasteiger partial charge in [0.15, 0.2) is 5.60 Å². The highest BCUT2D eigenvalue weighted by atomic mass is 79.9. The number of aliphatic hydroxyl groups is 1. The van der Waals surface area contributed by atoms with Gasteiger partial charge in [-0.3, -0.25) is 9.59 Å². The Morgan fingerprint density at radius 2 is 2.11 bits per heavy atom. The Bertz CT molecular complexity index is 899. The fraction of sp³-hybridized carbons (Fsp3) is 0.421. The van der Waals surface area contributed by atoms with E-state index in [0.717, 1.165) is 9.37 Å². The van der Waals surface area contributed by atoms with Crippen LogP contribution in [0, 0.1) is 5.92 Å². The maximum absolute atomic E-state index is 12.8. The molecule has 0 radical (unpaired) electrons. The number of hydrogen-bond donors (Lipinski definition) is 2. The summed E-state index contributed by atoms with van der Waals surface area (Å²) in [4.78, 5) is 38.3. The van der Waals surface area contributed by atoms with Crippen molar-refractivity contribution in [3.05, 3.63) is 38.3 Å². The van der Waals surface area contributed by atoms with E-state index in [1.54, 1.807) is 19.1 Å². The monoisotopic (exact) mass is 514 g/mol. The first-order valence-electron chi connectivity index (χ1n) is 8.76. The number of anilines is 1. The molecule has 2 aliphatic rings. The second kappa shape index (κ2) is 7.61. The van der Waals surface area contributed by atoms with E-state index in [0.29, 0.717) is 15.7 Å². The Morgan fingerprint density at radius 1 is 1.43 bits per heavy atom. The van der Waals surface area contributed by atoms with Gasteiger partial charge in [0.05, 0.1) is 6.04 Å². The zero-order valence-electron chi connectivity index (χ0n) is 15.6. The number of fused-ring (bicyclic) bond motifs is 1. The van der Waals surface area contributed by atoms with E-state index in [1.165, 1.54) is 6.08 Å². The van der Waals surface area contributed by atoms with Crippen molar-refractivity contribution in [2.45, 2.75) is 38.8 Å². The summed E-state index contributed by atoms with van der Waals surface area (Å²) in [5.74, 6) is -1.01. The van der Waals surface area contributed by atoms with E-state index >= 15 is 0 Å². The average molecular weight is 516 g/mol. The summed E-state index contributed by atoms with van der Waals surface area (Å²) in [5.41, 5.74) is -0.654. The minimum atomic E-state index is -1.82. The molecule has 9 heteroatoms. The maximum atomic E-state index is 12.8. The molecule has 1 aromatic carbocycles. The molecule has 2 aliphatic heterocycles. The van der Waals surface area contributed by atoms with Gasteiger partial charge in [-0.2, -0.15) is 0 Å². The maximum Gasteiger partial charge on any atom is 0.417 e. The van der Waals surface area contributed by atoms with Crippen molar-refractivity contribution in [2.75, 3.05) is 11.9 Å². The largest absolute Gasteiger partial charge is 0.447 e. The molecule has 0 saturated carbocycles. The van der Waals surface area contributed by atoms with Crippen LogP contribution in [0.5, 0.6) is 0 Å². The van der Waals surface area contributed by atoms with Crippen molar-refractivity contribution in [1.82, 2.24) is 4.90 Å². The summed E-state index contributed by atoms with van der Waals surface area (Å²) < 4.78 is 6.33. The number of amides is 3. The molecule has 0 aliphatic carbocycles.